The van der Waals surface area contributed by atoms with Crippen molar-refractivity contribution in [2.45, 2.75) is 88.1 Å². The van der Waals surface area contributed by atoms with Crippen LogP contribution in [0, 0.1) is 35.5 Å². The summed E-state index contributed by atoms with van der Waals surface area (Å²) in [6.07, 6.45) is 17.1. The largest absolute Gasteiger partial charge is 0.219 e. The first-order valence-corrected chi connectivity index (χ1v) is 10.4. The Labute approximate surface area is 140 Å². The average molecular weight is 310 g/mol. The van der Waals surface area contributed by atoms with E-state index in [0.717, 1.165) is 35.5 Å². The monoisotopic (exact) mass is 310 g/mol. The predicted octanol–water partition coefficient (Wildman–Crippen LogP) is 5.10. The van der Waals surface area contributed by atoms with E-state index in [1.165, 1.54) is 77.0 Å². The van der Waals surface area contributed by atoms with Crippen LogP contribution in [0.25, 0.3) is 0 Å². The van der Waals surface area contributed by atoms with Crippen LogP contribution in [0.5, 0.6) is 0 Å². The highest BCUT2D eigenvalue weighted by atomic mass is 15.0. The van der Waals surface area contributed by atoms with E-state index < -0.39 is 0 Å². The molecule has 8 fully saturated rings. The molecule has 0 radical (unpaired) electrons. The molecule has 0 unspecified atom stereocenters. The van der Waals surface area contributed by atoms with Crippen LogP contribution in [0.2, 0.25) is 0 Å². The highest BCUT2D eigenvalue weighted by Crippen LogP contribution is 2.58. The van der Waals surface area contributed by atoms with Gasteiger partial charge in [0.15, 0.2) is 0 Å². The molecule has 124 valence electrons. The normalized spacial score (nSPS) is 58.3. The molecule has 0 amide bonds. The molecule has 8 bridgehead atoms. The van der Waals surface area contributed by atoms with Gasteiger partial charge in [-0.2, -0.15) is 0 Å². The Hall–Kier alpha value is -0.620. The maximum absolute atomic E-state index is 5.08. The smallest absolute Gasteiger partial charge is 0.0904 e. The Morgan fingerprint density at radius 3 is 1.00 bits per heavy atom. The van der Waals surface area contributed by atoms with E-state index in [2.05, 4.69) is 6.01 Å². The summed E-state index contributed by atoms with van der Waals surface area (Å²) in [4.78, 5) is 10.2. The minimum absolute atomic E-state index is 0.264. The summed E-state index contributed by atoms with van der Waals surface area (Å²) in [5, 5.41) is 0. The first-order chi connectivity index (χ1) is 11.2. The standard InChI is InChI=1S/C21H30N2/c1-14-2-16-3-15(1)8-20(7-14,9-16)22-13-23-21-10-17-4-18(11-21)6-19(5-17)12-21/h14-19H,1-12H2. The van der Waals surface area contributed by atoms with Crippen LogP contribution in [0.15, 0.2) is 9.98 Å². The first kappa shape index (κ1) is 13.6. The van der Waals surface area contributed by atoms with Crippen LogP contribution in [0.4, 0.5) is 0 Å². The van der Waals surface area contributed by atoms with E-state index in [4.69, 9.17) is 9.98 Å². The Morgan fingerprint density at radius 1 is 0.478 bits per heavy atom. The van der Waals surface area contributed by atoms with E-state index in [1.807, 2.05) is 0 Å². The van der Waals surface area contributed by atoms with Gasteiger partial charge in [-0.05, 0) is 113 Å². The van der Waals surface area contributed by atoms with Gasteiger partial charge in [-0.1, -0.05) is 0 Å². The molecule has 0 N–H and O–H groups in total. The quantitative estimate of drug-likeness (QED) is 0.634. The molecule has 8 aliphatic rings. The van der Waals surface area contributed by atoms with Crippen molar-refractivity contribution in [3.05, 3.63) is 0 Å². The lowest BCUT2D eigenvalue weighted by molar-refractivity contribution is -0.000412. The summed E-state index contributed by atoms with van der Waals surface area (Å²) < 4.78 is 0. The molecule has 0 aliphatic heterocycles. The van der Waals surface area contributed by atoms with Crippen LogP contribution in [-0.2, 0) is 0 Å². The van der Waals surface area contributed by atoms with Gasteiger partial charge in [0.05, 0.1) is 17.1 Å². The summed E-state index contributed by atoms with van der Waals surface area (Å²) in [6, 6.07) is 3.35. The van der Waals surface area contributed by atoms with Gasteiger partial charge in [-0.3, -0.25) is 0 Å². The van der Waals surface area contributed by atoms with Crippen molar-refractivity contribution < 1.29 is 0 Å². The van der Waals surface area contributed by atoms with E-state index in [1.54, 1.807) is 0 Å². The first-order valence-electron chi connectivity index (χ1n) is 10.4. The van der Waals surface area contributed by atoms with Gasteiger partial charge >= 0.3 is 0 Å². The summed E-state index contributed by atoms with van der Waals surface area (Å²) in [5.74, 6) is 5.87. The lowest BCUT2D eigenvalue weighted by atomic mass is 9.53. The highest BCUT2D eigenvalue weighted by Gasteiger charge is 2.52. The molecule has 0 aromatic heterocycles. The van der Waals surface area contributed by atoms with E-state index >= 15 is 0 Å². The predicted molar refractivity (Wildman–Crippen MR) is 91.7 cm³/mol. The number of nitrogens with zero attached hydrogens (tertiary/aromatic N) is 2. The second kappa shape index (κ2) is 4.51. The summed E-state index contributed by atoms with van der Waals surface area (Å²) in [6.45, 7) is 0. The lowest BCUT2D eigenvalue weighted by Crippen LogP contribution is -2.50. The molecule has 8 aliphatic carbocycles. The topological polar surface area (TPSA) is 24.7 Å². The van der Waals surface area contributed by atoms with Gasteiger partial charge in [0.2, 0.25) is 0 Å². The molecule has 0 aromatic carbocycles. The van der Waals surface area contributed by atoms with Crippen LogP contribution < -0.4 is 0 Å². The fourth-order valence-corrected chi connectivity index (χ4v) is 8.64. The highest BCUT2D eigenvalue weighted by molar-refractivity contribution is 5.45. The molecule has 0 aromatic rings. The van der Waals surface area contributed by atoms with Crippen molar-refractivity contribution in [3.8, 4) is 0 Å². The second-order valence-corrected chi connectivity index (χ2v) is 10.6. The molecule has 2 heteroatoms. The number of aliphatic imine (C=N–C) groups is 2. The van der Waals surface area contributed by atoms with Crippen molar-refractivity contribution in [3.63, 3.8) is 0 Å². The maximum Gasteiger partial charge on any atom is 0.0904 e. The number of hydrogen-bond donors (Lipinski definition) is 0. The van der Waals surface area contributed by atoms with Crippen molar-refractivity contribution in [2.75, 3.05) is 0 Å². The molecule has 23 heavy (non-hydrogen) atoms. The molecule has 2 nitrogen and oxygen atoms in total. The third kappa shape index (κ3) is 2.13. The number of hydrogen-bond acceptors (Lipinski definition) is 2. The zero-order chi connectivity index (χ0) is 15.1. The van der Waals surface area contributed by atoms with Crippen molar-refractivity contribution in [2.24, 2.45) is 45.5 Å². The van der Waals surface area contributed by atoms with Crippen LogP contribution >= 0.6 is 0 Å². The van der Waals surface area contributed by atoms with Crippen molar-refractivity contribution in [1.29, 1.82) is 0 Å². The molecular weight excluding hydrogens is 280 g/mol. The van der Waals surface area contributed by atoms with Gasteiger partial charge in [0.25, 0.3) is 0 Å². The van der Waals surface area contributed by atoms with Crippen LogP contribution in [-0.4, -0.2) is 17.1 Å². The fraction of sp³-hybridized carbons (Fsp3) is 0.952. The SMILES string of the molecule is C(=NC12CC3CC(CC(C3)C1)C2)=NC12CC3CC(CC(C3)C1)C2. The van der Waals surface area contributed by atoms with E-state index in [-0.39, 0.29) is 11.1 Å². The van der Waals surface area contributed by atoms with Gasteiger partial charge in [-0.25, -0.2) is 9.98 Å². The molecule has 8 rings (SSSR count). The molecule has 0 atom stereocenters. The Balaban J connectivity index is 1.27. The number of rotatable bonds is 2. The van der Waals surface area contributed by atoms with Gasteiger partial charge in [0, 0.05) is 0 Å². The maximum atomic E-state index is 5.08. The van der Waals surface area contributed by atoms with Gasteiger partial charge in [-0.15, -0.1) is 0 Å². The summed E-state index contributed by atoms with van der Waals surface area (Å²) in [5.41, 5.74) is 0.529. The molecular formula is C21H30N2. The Kier molecular flexibility index (Phi) is 2.67. The second-order valence-electron chi connectivity index (χ2n) is 10.6. The molecule has 0 spiro atoms. The molecule has 8 saturated carbocycles. The minimum atomic E-state index is 0.264. The zero-order valence-corrected chi connectivity index (χ0v) is 14.3. The van der Waals surface area contributed by atoms with Gasteiger partial charge < -0.3 is 0 Å². The van der Waals surface area contributed by atoms with Crippen LogP contribution in [0.3, 0.4) is 0 Å². The lowest BCUT2D eigenvalue weighted by Gasteiger charge is -2.55. The average Bonchev–Trinajstić information content (AvgIpc) is 2.43. The third-order valence-corrected chi connectivity index (χ3v) is 8.59. The van der Waals surface area contributed by atoms with Crippen LogP contribution in [0.1, 0.15) is 77.0 Å². The van der Waals surface area contributed by atoms with Gasteiger partial charge in [0.1, 0.15) is 0 Å². The molecule has 0 saturated heterocycles. The molecule has 0 heterocycles. The van der Waals surface area contributed by atoms with E-state index in [9.17, 15) is 0 Å². The summed E-state index contributed by atoms with van der Waals surface area (Å²) in [7, 11) is 0. The Bertz CT molecular complexity index is 464. The van der Waals surface area contributed by atoms with E-state index in [0.29, 0.717) is 0 Å². The summed E-state index contributed by atoms with van der Waals surface area (Å²) >= 11 is 0. The zero-order valence-electron chi connectivity index (χ0n) is 14.3. The van der Waals surface area contributed by atoms with Crippen molar-refractivity contribution >= 4 is 6.01 Å². The Morgan fingerprint density at radius 2 is 0.739 bits per heavy atom. The van der Waals surface area contributed by atoms with Crippen molar-refractivity contribution in [1.82, 2.24) is 0 Å². The third-order valence-electron chi connectivity index (χ3n) is 8.59. The minimum Gasteiger partial charge on any atom is -0.219 e. The fourth-order valence-electron chi connectivity index (χ4n) is 8.64.